The third kappa shape index (κ3) is 5.63. The molecule has 0 bridgehead atoms. The Labute approximate surface area is 143 Å². The number of nitrogens with zero attached hydrogens (tertiary/aromatic N) is 1. The summed E-state index contributed by atoms with van der Waals surface area (Å²) in [4.78, 5) is -0.620. The van der Waals surface area contributed by atoms with E-state index in [0.717, 1.165) is 11.8 Å². The van der Waals surface area contributed by atoms with Crippen LogP contribution in [0.3, 0.4) is 0 Å². The summed E-state index contributed by atoms with van der Waals surface area (Å²) in [6.07, 6.45) is 2.48. The van der Waals surface area contributed by atoms with Gasteiger partial charge in [0.05, 0.1) is 0 Å². The van der Waals surface area contributed by atoms with E-state index in [9.17, 15) is 8.42 Å². The minimum absolute atomic E-state index is 0. The summed E-state index contributed by atoms with van der Waals surface area (Å²) in [5.74, 6) is 0. The first-order valence-corrected chi connectivity index (χ1v) is 5.71. The van der Waals surface area contributed by atoms with Crippen LogP contribution < -0.4 is 0 Å². The van der Waals surface area contributed by atoms with Crippen molar-refractivity contribution in [1.29, 1.82) is 5.26 Å². The molecule has 4 nitrogen and oxygen atoms in total. The van der Waals surface area contributed by atoms with E-state index in [1.54, 1.807) is 12.1 Å². The molecule has 1 aromatic rings. The zero-order valence-corrected chi connectivity index (χ0v) is 9.15. The Kier molecular flexibility index (Phi) is 7.62. The molecule has 0 heterocycles. The molecule has 0 aliphatic heterocycles. The van der Waals surface area contributed by atoms with Crippen LogP contribution in [0.4, 0.5) is 0 Å². The molecular formula is C11H10KNO3S. The minimum atomic E-state index is -4.02. The monoisotopic (exact) mass is 275 g/mol. The fraction of sp³-hybridized carbons (Fsp3) is 0. The predicted octanol–water partition coefficient (Wildman–Crippen LogP) is 1.39. The van der Waals surface area contributed by atoms with Crippen LogP contribution >= 0.6 is 0 Å². The first-order valence-electron chi connectivity index (χ1n) is 4.30. The summed E-state index contributed by atoms with van der Waals surface area (Å²) in [5.41, 5.74) is 0.792. The average molecular weight is 275 g/mol. The molecule has 0 saturated carbocycles. The standard InChI is InChI=1S/C11H9NO3S.K.H/c1-10(9-12)16(13,14)15-8-7-11-5-3-2-4-6-11;;/h2-8H,1H2;;. The zero-order valence-electron chi connectivity index (χ0n) is 8.33. The van der Waals surface area contributed by atoms with E-state index in [0.29, 0.717) is 0 Å². The van der Waals surface area contributed by atoms with E-state index >= 15 is 0 Å². The van der Waals surface area contributed by atoms with Gasteiger partial charge in [-0.25, -0.2) is 0 Å². The van der Waals surface area contributed by atoms with E-state index in [1.165, 1.54) is 12.1 Å². The van der Waals surface area contributed by atoms with Crippen molar-refractivity contribution in [2.45, 2.75) is 0 Å². The van der Waals surface area contributed by atoms with Crippen molar-refractivity contribution in [2.75, 3.05) is 0 Å². The van der Waals surface area contributed by atoms with Crippen LogP contribution in [0.25, 0.3) is 6.08 Å². The van der Waals surface area contributed by atoms with Crippen LogP contribution in [0.1, 0.15) is 5.56 Å². The van der Waals surface area contributed by atoms with Crippen molar-refractivity contribution in [1.82, 2.24) is 0 Å². The normalized spacial score (nSPS) is 10.3. The van der Waals surface area contributed by atoms with E-state index < -0.39 is 15.0 Å². The first kappa shape index (κ1) is 16.6. The number of hydrogen-bond donors (Lipinski definition) is 0. The predicted molar refractivity (Wildman–Crippen MR) is 67.4 cm³/mol. The molecule has 0 atom stereocenters. The fourth-order valence-corrected chi connectivity index (χ4v) is 1.29. The van der Waals surface area contributed by atoms with E-state index in [2.05, 4.69) is 10.8 Å². The Bertz CT molecular complexity index is 544. The van der Waals surface area contributed by atoms with Crippen LogP contribution in [0.15, 0.2) is 48.1 Å². The number of nitriles is 1. The van der Waals surface area contributed by atoms with Crippen molar-refractivity contribution in [3.8, 4) is 6.07 Å². The summed E-state index contributed by atoms with van der Waals surface area (Å²) < 4.78 is 26.8. The van der Waals surface area contributed by atoms with Crippen LogP contribution in [0.2, 0.25) is 0 Å². The van der Waals surface area contributed by atoms with Gasteiger partial charge in [0.25, 0.3) is 0 Å². The topological polar surface area (TPSA) is 67.2 Å². The van der Waals surface area contributed by atoms with E-state index in [-0.39, 0.29) is 51.4 Å². The molecular weight excluding hydrogens is 265 g/mol. The molecule has 0 N–H and O–H groups in total. The maximum absolute atomic E-state index is 11.2. The van der Waals surface area contributed by atoms with Gasteiger partial charge in [0.15, 0.2) is 4.91 Å². The summed E-state index contributed by atoms with van der Waals surface area (Å²) in [5, 5.41) is 8.35. The molecule has 6 heteroatoms. The Hall–Kier alpha value is -0.424. The third-order valence-electron chi connectivity index (χ3n) is 1.67. The molecule has 84 valence electrons. The van der Waals surface area contributed by atoms with Gasteiger partial charge in [0.1, 0.15) is 12.3 Å². The number of benzene rings is 1. The van der Waals surface area contributed by atoms with E-state index in [1.807, 2.05) is 18.2 Å². The molecule has 0 amide bonds. The second-order valence-electron chi connectivity index (χ2n) is 2.80. The van der Waals surface area contributed by atoms with E-state index in [4.69, 9.17) is 5.26 Å². The first-order chi connectivity index (χ1) is 7.56. The van der Waals surface area contributed by atoms with Crippen LogP contribution in [-0.2, 0) is 14.3 Å². The molecule has 0 fully saturated rings. The van der Waals surface area contributed by atoms with Crippen molar-refractivity contribution >= 4 is 67.6 Å². The van der Waals surface area contributed by atoms with Gasteiger partial charge in [-0.2, -0.15) is 13.7 Å². The summed E-state index contributed by atoms with van der Waals surface area (Å²) in [7, 11) is -4.02. The van der Waals surface area contributed by atoms with Crippen LogP contribution in [-0.4, -0.2) is 59.8 Å². The SMILES string of the molecule is C=C(C#N)S(=O)(=O)OC=Cc1ccccc1.[KH]. The van der Waals surface area contributed by atoms with Crippen molar-refractivity contribution < 1.29 is 12.6 Å². The number of rotatable bonds is 4. The van der Waals surface area contributed by atoms with Gasteiger partial charge in [0, 0.05) is 0 Å². The summed E-state index contributed by atoms with van der Waals surface area (Å²) in [6.45, 7) is 3.06. The molecule has 1 aromatic carbocycles. The zero-order chi connectivity index (χ0) is 12.0. The van der Waals surface area contributed by atoms with Gasteiger partial charge in [0.2, 0.25) is 0 Å². The molecule has 0 aliphatic rings. The quantitative estimate of drug-likeness (QED) is 0.360. The summed E-state index contributed by atoms with van der Waals surface area (Å²) >= 11 is 0. The Balaban J connectivity index is 0.00000256. The van der Waals surface area contributed by atoms with Gasteiger partial charge in [-0.1, -0.05) is 36.9 Å². The average Bonchev–Trinajstić information content (AvgIpc) is 2.29. The van der Waals surface area contributed by atoms with Gasteiger partial charge in [-0.05, 0) is 11.6 Å². The molecule has 0 spiro atoms. The second kappa shape index (κ2) is 7.82. The Morgan fingerprint density at radius 2 is 1.94 bits per heavy atom. The van der Waals surface area contributed by atoms with Crippen molar-refractivity contribution in [3.63, 3.8) is 0 Å². The van der Waals surface area contributed by atoms with Gasteiger partial charge in [-0.3, -0.25) is 0 Å². The van der Waals surface area contributed by atoms with Gasteiger partial charge in [-0.15, -0.1) is 0 Å². The fourth-order valence-electron chi connectivity index (χ4n) is 0.858. The molecule has 0 radical (unpaired) electrons. The number of hydrogen-bond acceptors (Lipinski definition) is 4. The van der Waals surface area contributed by atoms with Crippen LogP contribution in [0, 0.1) is 11.3 Å². The van der Waals surface area contributed by atoms with Gasteiger partial charge < -0.3 is 4.18 Å². The molecule has 1 rings (SSSR count). The maximum atomic E-state index is 11.2. The van der Waals surface area contributed by atoms with Crippen molar-refractivity contribution in [3.05, 3.63) is 53.6 Å². The second-order valence-corrected chi connectivity index (χ2v) is 4.39. The Morgan fingerprint density at radius 1 is 1.35 bits per heavy atom. The molecule has 0 unspecified atom stereocenters. The molecule has 0 aromatic heterocycles. The van der Waals surface area contributed by atoms with Crippen LogP contribution in [0.5, 0.6) is 0 Å². The van der Waals surface area contributed by atoms with Crippen molar-refractivity contribution in [2.24, 2.45) is 0 Å². The third-order valence-corrected chi connectivity index (χ3v) is 2.73. The molecule has 0 saturated heterocycles. The number of allylic oxidation sites excluding steroid dienone is 1. The molecule has 17 heavy (non-hydrogen) atoms. The summed E-state index contributed by atoms with van der Waals surface area (Å²) in [6, 6.07) is 10.4. The molecule has 0 aliphatic carbocycles. The van der Waals surface area contributed by atoms with Gasteiger partial charge >= 0.3 is 61.5 Å². The Morgan fingerprint density at radius 3 is 2.47 bits per heavy atom.